The van der Waals surface area contributed by atoms with Crippen LogP contribution in [0.5, 0.6) is 0 Å². The number of rotatable bonds is 4. The predicted octanol–water partition coefficient (Wildman–Crippen LogP) is 3.92. The summed E-state index contributed by atoms with van der Waals surface area (Å²) in [6.07, 6.45) is 2.13. The molecule has 0 N–H and O–H groups in total. The predicted molar refractivity (Wildman–Crippen MR) is 115 cm³/mol. The molecule has 146 valence electrons. The first kappa shape index (κ1) is 19.0. The number of likely N-dealkylation sites (tertiary alicyclic amines) is 1. The van der Waals surface area contributed by atoms with Crippen LogP contribution in [0.25, 0.3) is 21.7 Å². The number of hydrogen-bond acceptors (Lipinski definition) is 4. The molecule has 4 rings (SSSR count). The van der Waals surface area contributed by atoms with Crippen molar-refractivity contribution in [2.24, 2.45) is 5.92 Å². The first-order valence-electron chi connectivity index (χ1n) is 9.90. The minimum atomic E-state index is -0.0417. The Morgan fingerprint density at radius 3 is 2.54 bits per heavy atom. The molecular weight excluding hydrogens is 370 g/mol. The Labute approximate surface area is 168 Å². The van der Waals surface area contributed by atoms with Crippen molar-refractivity contribution in [1.82, 2.24) is 14.5 Å². The van der Waals surface area contributed by atoms with Gasteiger partial charge in [-0.05, 0) is 48.6 Å². The summed E-state index contributed by atoms with van der Waals surface area (Å²) in [5.74, 6) is 1.14. The van der Waals surface area contributed by atoms with Crippen LogP contribution in [0.2, 0.25) is 0 Å². The van der Waals surface area contributed by atoms with Gasteiger partial charge in [0, 0.05) is 19.6 Å². The summed E-state index contributed by atoms with van der Waals surface area (Å²) in [6.45, 7) is 6.37. The molecule has 0 bridgehead atoms. The van der Waals surface area contributed by atoms with E-state index in [2.05, 4.69) is 6.92 Å². The lowest BCUT2D eigenvalue weighted by Crippen LogP contribution is -2.39. The van der Waals surface area contributed by atoms with Gasteiger partial charge >= 0.3 is 0 Å². The van der Waals surface area contributed by atoms with Gasteiger partial charge in [0.1, 0.15) is 0 Å². The van der Waals surface area contributed by atoms with Gasteiger partial charge in [0.05, 0.1) is 16.7 Å². The smallest absolute Gasteiger partial charge is 0.262 e. The number of amides is 1. The zero-order valence-corrected chi connectivity index (χ0v) is 17.2. The Kier molecular flexibility index (Phi) is 5.40. The highest BCUT2D eigenvalue weighted by atomic mass is 32.2. The molecule has 5 nitrogen and oxygen atoms in total. The van der Waals surface area contributed by atoms with Crippen LogP contribution in [-0.2, 0) is 11.3 Å². The minimum absolute atomic E-state index is 0.0417. The van der Waals surface area contributed by atoms with Gasteiger partial charge in [-0.2, -0.15) is 0 Å². The molecule has 0 saturated carbocycles. The lowest BCUT2D eigenvalue weighted by atomic mass is 9.99. The molecule has 1 saturated heterocycles. The average Bonchev–Trinajstić information content (AvgIpc) is 2.71. The number of thioether (sulfide) groups is 1. The summed E-state index contributed by atoms with van der Waals surface area (Å²) >= 11 is 1.37. The Morgan fingerprint density at radius 2 is 1.86 bits per heavy atom. The second-order valence-corrected chi connectivity index (χ2v) is 8.45. The molecule has 0 atom stereocenters. The van der Waals surface area contributed by atoms with Crippen molar-refractivity contribution in [2.75, 3.05) is 18.8 Å². The summed E-state index contributed by atoms with van der Waals surface area (Å²) in [6, 6.07) is 11.9. The van der Waals surface area contributed by atoms with E-state index in [0.29, 0.717) is 34.3 Å². The van der Waals surface area contributed by atoms with Gasteiger partial charge < -0.3 is 4.90 Å². The molecule has 1 fully saturated rings. The maximum absolute atomic E-state index is 13.0. The van der Waals surface area contributed by atoms with Gasteiger partial charge in [-0.1, -0.05) is 43.0 Å². The molecule has 1 aliphatic rings. The first-order valence-corrected chi connectivity index (χ1v) is 10.9. The van der Waals surface area contributed by atoms with Crippen LogP contribution in [0, 0.1) is 5.92 Å². The van der Waals surface area contributed by atoms with Crippen molar-refractivity contribution in [2.45, 2.75) is 38.4 Å². The summed E-state index contributed by atoms with van der Waals surface area (Å²) in [5.41, 5.74) is 0.648. The zero-order chi connectivity index (χ0) is 19.7. The Hall–Kier alpha value is -2.34. The number of fused-ring (bicyclic) bond motifs is 2. The molecule has 2 aromatic carbocycles. The molecule has 28 heavy (non-hydrogen) atoms. The van der Waals surface area contributed by atoms with Crippen molar-refractivity contribution in [3.05, 3.63) is 46.8 Å². The molecule has 0 spiro atoms. The van der Waals surface area contributed by atoms with Gasteiger partial charge in [0.15, 0.2) is 5.16 Å². The monoisotopic (exact) mass is 395 g/mol. The van der Waals surface area contributed by atoms with E-state index in [0.717, 1.165) is 36.7 Å². The molecule has 0 radical (unpaired) electrons. The van der Waals surface area contributed by atoms with Crippen LogP contribution in [0.4, 0.5) is 0 Å². The highest BCUT2D eigenvalue weighted by Crippen LogP contribution is 2.24. The van der Waals surface area contributed by atoms with Crippen LogP contribution in [0.3, 0.4) is 0 Å². The Morgan fingerprint density at radius 1 is 1.18 bits per heavy atom. The van der Waals surface area contributed by atoms with E-state index < -0.39 is 0 Å². The quantitative estimate of drug-likeness (QED) is 0.382. The van der Waals surface area contributed by atoms with E-state index in [-0.39, 0.29) is 11.5 Å². The van der Waals surface area contributed by atoms with Crippen molar-refractivity contribution >= 4 is 39.3 Å². The normalized spacial score (nSPS) is 15.4. The summed E-state index contributed by atoms with van der Waals surface area (Å²) in [5, 5.41) is 3.34. The molecule has 1 amide bonds. The number of piperidine rings is 1. The van der Waals surface area contributed by atoms with E-state index in [1.807, 2.05) is 48.2 Å². The van der Waals surface area contributed by atoms with Crippen molar-refractivity contribution in [3.8, 4) is 0 Å². The second-order valence-electron chi connectivity index (χ2n) is 7.51. The van der Waals surface area contributed by atoms with Crippen LogP contribution >= 0.6 is 11.8 Å². The van der Waals surface area contributed by atoms with Crippen LogP contribution in [0.1, 0.15) is 26.7 Å². The van der Waals surface area contributed by atoms with E-state index in [1.165, 1.54) is 11.8 Å². The number of aromatic nitrogens is 2. The van der Waals surface area contributed by atoms with Gasteiger partial charge in [-0.15, -0.1) is 0 Å². The second kappa shape index (κ2) is 7.95. The Bertz CT molecular complexity index is 1080. The van der Waals surface area contributed by atoms with Gasteiger partial charge in [-0.25, -0.2) is 4.98 Å². The van der Waals surface area contributed by atoms with Crippen LogP contribution in [-0.4, -0.2) is 39.2 Å². The van der Waals surface area contributed by atoms with Crippen molar-refractivity contribution < 1.29 is 4.79 Å². The molecule has 0 aliphatic carbocycles. The number of nitrogens with zero attached hydrogens (tertiary/aromatic N) is 3. The van der Waals surface area contributed by atoms with E-state index in [4.69, 9.17) is 4.98 Å². The third kappa shape index (κ3) is 3.65. The SMILES string of the molecule is CCn1c(SCC(=O)N2CCC(C)CC2)nc2cc3ccccc3cc2c1=O. The topological polar surface area (TPSA) is 55.2 Å². The Balaban J connectivity index is 1.63. The van der Waals surface area contributed by atoms with E-state index in [9.17, 15) is 9.59 Å². The van der Waals surface area contributed by atoms with Crippen molar-refractivity contribution in [1.29, 1.82) is 0 Å². The third-order valence-corrected chi connectivity index (χ3v) is 6.53. The van der Waals surface area contributed by atoms with Crippen molar-refractivity contribution in [3.63, 3.8) is 0 Å². The molecule has 3 aromatic rings. The standard InChI is InChI=1S/C22H25N3O2S/c1-3-25-21(27)18-12-16-6-4-5-7-17(16)13-19(18)23-22(25)28-14-20(26)24-10-8-15(2)9-11-24/h4-7,12-13,15H,3,8-11,14H2,1-2H3. The van der Waals surface area contributed by atoms with Crippen LogP contribution in [0.15, 0.2) is 46.3 Å². The van der Waals surface area contributed by atoms with Crippen LogP contribution < -0.4 is 5.56 Å². The van der Waals surface area contributed by atoms with Gasteiger partial charge in [0.2, 0.25) is 5.91 Å². The first-order chi connectivity index (χ1) is 13.6. The fourth-order valence-electron chi connectivity index (χ4n) is 3.75. The lowest BCUT2D eigenvalue weighted by molar-refractivity contribution is -0.129. The van der Waals surface area contributed by atoms with Gasteiger partial charge in [-0.3, -0.25) is 14.2 Å². The lowest BCUT2D eigenvalue weighted by Gasteiger charge is -2.30. The molecule has 1 aromatic heterocycles. The average molecular weight is 396 g/mol. The number of carbonyl (C=O) groups is 1. The van der Waals surface area contributed by atoms with Gasteiger partial charge in [0.25, 0.3) is 5.56 Å². The third-order valence-electron chi connectivity index (χ3n) is 5.56. The fourth-order valence-corrected chi connectivity index (χ4v) is 4.72. The largest absolute Gasteiger partial charge is 0.342 e. The van der Waals surface area contributed by atoms with E-state index >= 15 is 0 Å². The number of carbonyl (C=O) groups excluding carboxylic acids is 1. The number of benzene rings is 2. The molecule has 0 unspecified atom stereocenters. The van der Waals surface area contributed by atoms with E-state index in [1.54, 1.807) is 4.57 Å². The number of hydrogen-bond donors (Lipinski definition) is 0. The molecule has 1 aliphatic heterocycles. The molecule has 6 heteroatoms. The summed E-state index contributed by atoms with van der Waals surface area (Å²) in [4.78, 5) is 32.3. The molecular formula is C22H25N3O2S. The maximum Gasteiger partial charge on any atom is 0.262 e. The highest BCUT2D eigenvalue weighted by Gasteiger charge is 2.21. The summed E-state index contributed by atoms with van der Waals surface area (Å²) < 4.78 is 1.67. The minimum Gasteiger partial charge on any atom is -0.342 e. The zero-order valence-electron chi connectivity index (χ0n) is 16.4. The fraction of sp³-hybridized carbons (Fsp3) is 0.409. The maximum atomic E-state index is 13.0. The molecule has 2 heterocycles. The highest BCUT2D eigenvalue weighted by molar-refractivity contribution is 7.99. The summed E-state index contributed by atoms with van der Waals surface area (Å²) in [7, 11) is 0.